The van der Waals surface area contributed by atoms with Crippen molar-refractivity contribution >= 4 is 17.7 Å². The zero-order valence-electron chi connectivity index (χ0n) is 15.7. The number of nitrogens with one attached hydrogen (secondary N) is 1. The highest BCUT2D eigenvalue weighted by atomic mass is 32.2. The van der Waals surface area contributed by atoms with Crippen LogP contribution in [0.4, 0.5) is 0 Å². The van der Waals surface area contributed by atoms with Crippen LogP contribution < -0.4 is 14.8 Å². The summed E-state index contributed by atoms with van der Waals surface area (Å²) in [5.41, 5.74) is 2.44. The van der Waals surface area contributed by atoms with Gasteiger partial charge in [0.25, 0.3) is 0 Å². The molecule has 2 aromatic carbocycles. The Bertz CT molecular complexity index is 781. The molecule has 1 amide bonds. The minimum absolute atomic E-state index is 0.0139. The van der Waals surface area contributed by atoms with Crippen LogP contribution in [0.5, 0.6) is 11.5 Å². The summed E-state index contributed by atoms with van der Waals surface area (Å²) in [6, 6.07) is 14.1. The lowest BCUT2D eigenvalue weighted by molar-refractivity contribution is -0.119. The molecule has 1 unspecified atom stereocenters. The number of hydrogen-bond acceptors (Lipinski definition) is 4. The topological polar surface area (TPSA) is 47.6 Å². The Kier molecular flexibility index (Phi) is 5.47. The molecule has 138 valence electrons. The maximum absolute atomic E-state index is 12.3. The van der Waals surface area contributed by atoms with Gasteiger partial charge in [0.05, 0.1) is 11.8 Å². The first-order valence-corrected chi connectivity index (χ1v) is 9.74. The fourth-order valence-electron chi connectivity index (χ4n) is 2.75. The van der Waals surface area contributed by atoms with Gasteiger partial charge in [0.15, 0.2) is 11.5 Å². The summed E-state index contributed by atoms with van der Waals surface area (Å²) in [7, 11) is 0. The maximum Gasteiger partial charge on any atom is 0.231 e. The van der Waals surface area contributed by atoms with Crippen molar-refractivity contribution in [2.24, 2.45) is 0 Å². The summed E-state index contributed by atoms with van der Waals surface area (Å²) in [5, 5.41) is 3.04. The van der Waals surface area contributed by atoms with Gasteiger partial charge >= 0.3 is 0 Å². The lowest BCUT2D eigenvalue weighted by atomic mass is 9.87. The normalized spacial score (nSPS) is 14.2. The Morgan fingerprint density at radius 3 is 2.50 bits per heavy atom. The monoisotopic (exact) mass is 371 g/mol. The summed E-state index contributed by atoms with van der Waals surface area (Å²) in [6.45, 7) is 8.81. The minimum atomic E-state index is -0.0825. The number of rotatable bonds is 5. The molecule has 5 heteroatoms. The quantitative estimate of drug-likeness (QED) is 0.775. The van der Waals surface area contributed by atoms with Gasteiger partial charge in [-0.25, -0.2) is 0 Å². The third-order valence-corrected chi connectivity index (χ3v) is 5.38. The minimum Gasteiger partial charge on any atom is -0.454 e. The predicted octanol–water partition coefficient (Wildman–Crippen LogP) is 4.68. The highest BCUT2D eigenvalue weighted by Crippen LogP contribution is 2.34. The van der Waals surface area contributed by atoms with Crippen LogP contribution in [0.2, 0.25) is 0 Å². The molecule has 1 aliphatic rings. The highest BCUT2D eigenvalue weighted by molar-refractivity contribution is 8.00. The second kappa shape index (κ2) is 7.62. The molecular formula is C21H25NO3S. The number of thioether (sulfide) groups is 1. The smallest absolute Gasteiger partial charge is 0.231 e. The third kappa shape index (κ3) is 4.52. The highest BCUT2D eigenvalue weighted by Gasteiger charge is 2.17. The molecule has 4 nitrogen and oxygen atoms in total. The average molecular weight is 372 g/mol. The number of ether oxygens (including phenoxy) is 2. The standard InChI is InChI=1S/C21H25NO3S/c1-14(15-5-10-18-19(11-15)25-13-24-18)22-20(23)12-26-17-8-6-16(7-9-17)21(2,3)4/h5-11,14H,12-13H2,1-4H3,(H,22,23). The van der Waals surface area contributed by atoms with E-state index < -0.39 is 0 Å². The molecule has 0 bridgehead atoms. The number of amides is 1. The number of carbonyl (C=O) groups excluding carboxylic acids is 1. The zero-order valence-corrected chi connectivity index (χ0v) is 16.5. The van der Waals surface area contributed by atoms with Gasteiger partial charge in [0.2, 0.25) is 12.7 Å². The molecule has 0 fully saturated rings. The van der Waals surface area contributed by atoms with Crippen molar-refractivity contribution in [2.45, 2.75) is 44.0 Å². The van der Waals surface area contributed by atoms with E-state index in [2.05, 4.69) is 50.4 Å². The van der Waals surface area contributed by atoms with Crippen LogP contribution in [0, 0.1) is 0 Å². The molecular weight excluding hydrogens is 346 g/mol. The van der Waals surface area contributed by atoms with E-state index in [9.17, 15) is 4.79 Å². The molecule has 3 rings (SSSR count). The molecule has 0 spiro atoms. The molecule has 1 heterocycles. The SMILES string of the molecule is CC(NC(=O)CSc1ccc(C(C)(C)C)cc1)c1ccc2c(c1)OCO2. The summed E-state index contributed by atoms with van der Waals surface area (Å²) in [6.07, 6.45) is 0. The average Bonchev–Trinajstić information content (AvgIpc) is 3.07. The second-order valence-electron chi connectivity index (χ2n) is 7.46. The zero-order chi connectivity index (χ0) is 18.7. The van der Waals surface area contributed by atoms with Gasteiger partial charge in [-0.3, -0.25) is 4.79 Å². The third-order valence-electron chi connectivity index (χ3n) is 4.36. The Balaban J connectivity index is 1.52. The van der Waals surface area contributed by atoms with Crippen LogP contribution in [0.15, 0.2) is 47.4 Å². The van der Waals surface area contributed by atoms with Crippen molar-refractivity contribution in [3.8, 4) is 11.5 Å². The van der Waals surface area contributed by atoms with E-state index in [4.69, 9.17) is 9.47 Å². The van der Waals surface area contributed by atoms with Crippen LogP contribution in [0.25, 0.3) is 0 Å². The summed E-state index contributed by atoms with van der Waals surface area (Å²) in [4.78, 5) is 13.4. The van der Waals surface area contributed by atoms with E-state index in [1.165, 1.54) is 5.56 Å². The van der Waals surface area contributed by atoms with E-state index in [0.717, 1.165) is 22.0 Å². The van der Waals surface area contributed by atoms with Gasteiger partial charge in [-0.15, -0.1) is 11.8 Å². The fraction of sp³-hybridized carbons (Fsp3) is 0.381. The van der Waals surface area contributed by atoms with Crippen LogP contribution in [-0.4, -0.2) is 18.5 Å². The van der Waals surface area contributed by atoms with Gasteiger partial charge < -0.3 is 14.8 Å². The van der Waals surface area contributed by atoms with E-state index >= 15 is 0 Å². The number of benzene rings is 2. The van der Waals surface area contributed by atoms with Crippen molar-refractivity contribution in [3.63, 3.8) is 0 Å². The first-order chi connectivity index (χ1) is 12.3. The van der Waals surface area contributed by atoms with Crippen molar-refractivity contribution in [1.82, 2.24) is 5.32 Å². The van der Waals surface area contributed by atoms with Crippen LogP contribution in [-0.2, 0) is 10.2 Å². The van der Waals surface area contributed by atoms with Crippen molar-refractivity contribution in [2.75, 3.05) is 12.5 Å². The van der Waals surface area contributed by atoms with Gasteiger partial charge in [-0.05, 0) is 47.7 Å². The molecule has 2 aromatic rings. The molecule has 1 aliphatic heterocycles. The van der Waals surface area contributed by atoms with E-state index in [1.807, 2.05) is 25.1 Å². The number of hydrogen-bond donors (Lipinski definition) is 1. The van der Waals surface area contributed by atoms with E-state index in [0.29, 0.717) is 5.75 Å². The number of fused-ring (bicyclic) bond motifs is 1. The summed E-state index contributed by atoms with van der Waals surface area (Å²) in [5.74, 6) is 1.89. The summed E-state index contributed by atoms with van der Waals surface area (Å²) >= 11 is 1.55. The van der Waals surface area contributed by atoms with Crippen LogP contribution in [0.1, 0.15) is 44.9 Å². The number of carbonyl (C=O) groups is 1. The Hall–Kier alpha value is -2.14. The van der Waals surface area contributed by atoms with Gasteiger partial charge in [0, 0.05) is 4.90 Å². The molecule has 0 aliphatic carbocycles. The first kappa shape index (κ1) is 18.6. The largest absolute Gasteiger partial charge is 0.454 e. The summed E-state index contributed by atoms with van der Waals surface area (Å²) < 4.78 is 10.7. The molecule has 0 saturated heterocycles. The van der Waals surface area contributed by atoms with Crippen molar-refractivity contribution in [1.29, 1.82) is 0 Å². The van der Waals surface area contributed by atoms with Gasteiger partial charge in [-0.1, -0.05) is 39.0 Å². The second-order valence-corrected chi connectivity index (χ2v) is 8.51. The van der Waals surface area contributed by atoms with Crippen molar-refractivity contribution in [3.05, 3.63) is 53.6 Å². The van der Waals surface area contributed by atoms with Gasteiger partial charge in [-0.2, -0.15) is 0 Å². The molecule has 0 radical (unpaired) electrons. The van der Waals surface area contributed by atoms with E-state index in [-0.39, 0.29) is 24.2 Å². The first-order valence-electron chi connectivity index (χ1n) is 8.75. The molecule has 0 aromatic heterocycles. The Labute approximate surface area is 159 Å². The van der Waals surface area contributed by atoms with Crippen molar-refractivity contribution < 1.29 is 14.3 Å². The predicted molar refractivity (Wildman–Crippen MR) is 105 cm³/mol. The molecule has 26 heavy (non-hydrogen) atoms. The Morgan fingerprint density at radius 1 is 1.12 bits per heavy atom. The molecule has 1 atom stereocenters. The molecule has 0 saturated carbocycles. The lowest BCUT2D eigenvalue weighted by Crippen LogP contribution is -2.28. The fourth-order valence-corrected chi connectivity index (χ4v) is 3.46. The Morgan fingerprint density at radius 2 is 1.81 bits per heavy atom. The van der Waals surface area contributed by atoms with E-state index in [1.54, 1.807) is 11.8 Å². The maximum atomic E-state index is 12.3. The lowest BCUT2D eigenvalue weighted by Gasteiger charge is -2.19. The van der Waals surface area contributed by atoms with Gasteiger partial charge in [0.1, 0.15) is 0 Å². The van der Waals surface area contributed by atoms with Crippen LogP contribution in [0.3, 0.4) is 0 Å². The van der Waals surface area contributed by atoms with Crippen LogP contribution >= 0.6 is 11.8 Å². The molecule has 1 N–H and O–H groups in total.